The van der Waals surface area contributed by atoms with Crippen molar-refractivity contribution in [3.8, 4) is 32.8 Å². The van der Waals surface area contributed by atoms with Crippen LogP contribution in [-0.2, 0) is 58.2 Å². The first kappa shape index (κ1) is 69.1. The third-order valence-corrected chi connectivity index (χ3v) is 25.1. The summed E-state index contributed by atoms with van der Waals surface area (Å²) in [5, 5.41) is 20.3. The number of aryl methyl sites for hydroxylation is 2. The molecular weight excluding hydrogens is 1380 g/mol. The quantitative estimate of drug-likeness (QED) is 0.0638. The van der Waals surface area contributed by atoms with E-state index >= 15 is 0 Å². The van der Waals surface area contributed by atoms with Crippen LogP contribution in [0.2, 0.25) is 15.1 Å². The lowest BCUT2D eigenvalue weighted by molar-refractivity contribution is -0.120. The molecule has 3 amide bonds. The van der Waals surface area contributed by atoms with Gasteiger partial charge in [0, 0.05) is 112 Å². The van der Waals surface area contributed by atoms with Gasteiger partial charge in [-0.25, -0.2) is 52.9 Å². The van der Waals surface area contributed by atoms with Gasteiger partial charge in [-0.15, -0.1) is 34.0 Å². The molecule has 3 aliphatic rings. The first-order chi connectivity index (χ1) is 44.0. The summed E-state index contributed by atoms with van der Waals surface area (Å²) >= 11 is 22.0. The number of thiophene rings is 3. The molecule has 3 saturated heterocycles. The predicted octanol–water partition coefficient (Wildman–Crippen LogP) is 11.0. The number of pyridine rings is 1. The molecule has 6 aromatic heterocycles. The normalized spacial score (nSPS) is 24.2. The second-order valence-electron chi connectivity index (χ2n) is 21.9. The average Bonchev–Trinajstić information content (AvgIpc) is 1.76. The standard InChI is InChI=1S/C21H20ClFN4O2S2.2C20H21ClFN5O2S2/c1-27-19(21(28)25-14-6-7-16(23)15(22)10-14)11-18(26-31(27,2)29)20-9-13(12-30-20)17-5-3-4-8-24-17;1-26-10-13(9-23-26)12-6-19(30-11-12)17-8-18(27(2)31(3,29)25-17)20(28)24-14-4-5-16(22)15(21)7-14;1-26-11-12(10-23-26)18-6-7-19(30-18)16-9-17(27(2)31(3,29)25-16)20(28)24-13-4-5-15(22)14(21)8-13/h3-10,12,18-19H,2,11H2,1H3,(H,25,28)(H,26,29);4-7,9-11,17-18H,3,8H2,1-2H3,(H,24,28)(H,25,29);4-8,10-11,16-17H,3,9H2,1-2H3,(H,24,28)(H,25,29)/t18-,19+,31?;17-,18+,31?;16-,17+,31?/m111/s1. The summed E-state index contributed by atoms with van der Waals surface area (Å²) in [5.41, 5.74) is 5.88. The first-order valence-electron chi connectivity index (χ1n) is 28.1. The number of carbonyl (C=O) groups excluding carboxylic acids is 3. The molecule has 6 N–H and O–H groups in total. The van der Waals surface area contributed by atoms with Crippen LogP contribution in [0.3, 0.4) is 0 Å². The summed E-state index contributed by atoms with van der Waals surface area (Å²) in [6, 6.07) is 22.4. The highest BCUT2D eigenvalue weighted by Gasteiger charge is 2.41. The Morgan fingerprint density at radius 1 is 0.527 bits per heavy atom. The summed E-state index contributed by atoms with van der Waals surface area (Å²) in [6.07, 6.45) is 10.3. The molecule has 490 valence electrons. The van der Waals surface area contributed by atoms with E-state index in [0.29, 0.717) is 36.3 Å². The number of carbonyl (C=O) groups is 3. The van der Waals surface area contributed by atoms with E-state index in [-0.39, 0.29) is 50.9 Å². The number of rotatable bonds is 12. The van der Waals surface area contributed by atoms with Crippen molar-refractivity contribution in [3.63, 3.8) is 0 Å². The monoisotopic (exact) mass is 1440 g/mol. The van der Waals surface area contributed by atoms with Crippen molar-refractivity contribution < 1.29 is 40.2 Å². The lowest BCUT2D eigenvalue weighted by Gasteiger charge is -2.39. The lowest BCUT2D eigenvalue weighted by atomic mass is 10.0. The third kappa shape index (κ3) is 16.3. The van der Waals surface area contributed by atoms with Crippen LogP contribution in [-0.4, -0.2) is 125 Å². The first-order valence-corrected chi connectivity index (χ1v) is 36.8. The van der Waals surface area contributed by atoms with Crippen LogP contribution in [0.25, 0.3) is 32.8 Å². The number of amides is 3. The van der Waals surface area contributed by atoms with E-state index in [2.05, 4.69) is 62.9 Å². The van der Waals surface area contributed by atoms with Crippen LogP contribution in [0.1, 0.15) is 52.0 Å². The van der Waals surface area contributed by atoms with Gasteiger partial charge in [-0.3, -0.25) is 28.7 Å². The number of aromatic nitrogens is 5. The Hall–Kier alpha value is -6.78. The third-order valence-electron chi connectivity index (χ3n) is 15.4. The van der Waals surface area contributed by atoms with E-state index in [1.165, 1.54) is 90.2 Å². The maximum atomic E-state index is 13.4. The zero-order chi connectivity index (χ0) is 66.8. The highest BCUT2D eigenvalue weighted by molar-refractivity contribution is 7.97. The van der Waals surface area contributed by atoms with Crippen molar-refractivity contribution in [2.75, 3.05) is 37.1 Å². The van der Waals surface area contributed by atoms with E-state index in [9.17, 15) is 40.2 Å². The molecule has 12 rings (SSSR count). The van der Waals surface area contributed by atoms with E-state index in [1.54, 1.807) is 60.4 Å². The van der Waals surface area contributed by atoms with Gasteiger partial charge in [0.25, 0.3) is 0 Å². The van der Waals surface area contributed by atoms with Crippen molar-refractivity contribution in [1.29, 1.82) is 0 Å². The Morgan fingerprint density at radius 2 is 0.925 bits per heavy atom. The molecule has 0 saturated carbocycles. The minimum absolute atomic E-state index is 0.0863. The second-order valence-corrected chi connectivity index (χ2v) is 32.4. The number of hydrogen-bond donors (Lipinski definition) is 6. The number of nitrogens with one attached hydrogen (secondary N) is 6. The van der Waals surface area contributed by atoms with E-state index in [0.717, 1.165) is 47.5 Å². The molecule has 0 radical (unpaired) electrons. The molecule has 3 aliphatic heterocycles. The molecular formula is C61H62Cl3F3N14O6S6. The molecule has 20 nitrogen and oxygen atoms in total. The number of anilines is 3. The van der Waals surface area contributed by atoms with Gasteiger partial charge >= 0.3 is 0 Å². The van der Waals surface area contributed by atoms with Crippen LogP contribution in [0.5, 0.6) is 0 Å². The molecule has 3 fully saturated rings. The summed E-state index contributed by atoms with van der Waals surface area (Å²) < 4.78 is 96.6. The van der Waals surface area contributed by atoms with Crippen molar-refractivity contribution in [1.82, 2.24) is 51.6 Å². The molecule has 9 atom stereocenters. The average molecular weight is 1440 g/mol. The molecule has 93 heavy (non-hydrogen) atoms. The maximum absolute atomic E-state index is 13.4. The van der Waals surface area contributed by atoms with Gasteiger partial charge in [-0.05, 0) is 139 Å². The van der Waals surface area contributed by atoms with Crippen molar-refractivity contribution >= 4 is 151 Å². The fraction of sp³-hybridized carbons (Fsp3) is 0.230. The molecule has 9 aromatic rings. The SMILES string of the molecule is C=S1(=O)N[C@@H](c2cc(-c3ccccn3)cs2)C[C@@H](C(=O)Nc2ccc(F)c(Cl)c2)N1C.C=S1(=O)N[C@@H](c2cc(-c3cnn(C)c3)cs2)C[C@@H](C(=O)Nc2ccc(F)c(Cl)c2)N1C.C=S1(=O)N[C@@H](c2ccc(-c3cnn(C)c3)s2)C[C@@H](C(=O)Nc2ccc(F)c(Cl)c2)N1C. The number of halogens is 6. The zero-order valence-electron chi connectivity index (χ0n) is 50.2. The molecule has 32 heteroatoms. The Labute approximate surface area is 563 Å². The largest absolute Gasteiger partial charge is 0.325 e. The predicted molar refractivity (Wildman–Crippen MR) is 373 cm³/mol. The molecule has 3 unspecified atom stereocenters. The molecule has 3 aromatic carbocycles. The number of nitrogens with zero attached hydrogens (tertiary/aromatic N) is 8. The Balaban J connectivity index is 0.000000153. The fourth-order valence-electron chi connectivity index (χ4n) is 10.2. The van der Waals surface area contributed by atoms with E-state index < -0.39 is 65.3 Å². The minimum atomic E-state index is -2.89. The Bertz CT molecular complexity index is 4420. The van der Waals surface area contributed by atoms with E-state index in [4.69, 9.17) is 34.8 Å². The lowest BCUT2D eigenvalue weighted by Crippen LogP contribution is -2.55. The van der Waals surface area contributed by atoms with Gasteiger partial charge in [-0.1, -0.05) is 40.9 Å². The van der Waals surface area contributed by atoms with Crippen LogP contribution < -0.4 is 30.1 Å². The summed E-state index contributed by atoms with van der Waals surface area (Å²) in [4.78, 5) is 47.2. The van der Waals surface area contributed by atoms with Gasteiger partial charge in [-0.2, -0.15) is 10.2 Å². The van der Waals surface area contributed by atoms with Gasteiger partial charge in [0.05, 0.1) is 81.0 Å². The summed E-state index contributed by atoms with van der Waals surface area (Å²) in [6.45, 7) is 0. The van der Waals surface area contributed by atoms with Gasteiger partial charge in [0.15, 0.2) is 0 Å². The number of hydrogen-bond acceptors (Lipinski definition) is 12. The molecule has 0 aliphatic carbocycles. The summed E-state index contributed by atoms with van der Waals surface area (Å²) in [5.74, 6) is 8.61. The number of benzene rings is 3. The van der Waals surface area contributed by atoms with Gasteiger partial charge < -0.3 is 16.0 Å². The molecule has 0 bridgehead atoms. The summed E-state index contributed by atoms with van der Waals surface area (Å²) in [7, 11) is -0.175. The van der Waals surface area contributed by atoms with Crippen LogP contribution in [0.4, 0.5) is 30.2 Å². The smallest absolute Gasteiger partial charge is 0.242 e. The highest BCUT2D eigenvalue weighted by atomic mass is 35.5. The number of likely N-dealkylation sites (N-methyl/N-ethyl adjacent to an activating group) is 3. The molecule has 0 spiro atoms. The Morgan fingerprint density at radius 3 is 1.31 bits per heavy atom. The van der Waals surface area contributed by atoms with Crippen molar-refractivity contribution in [2.24, 2.45) is 14.1 Å². The maximum Gasteiger partial charge on any atom is 0.242 e. The van der Waals surface area contributed by atoms with Crippen LogP contribution in [0.15, 0.2) is 139 Å². The van der Waals surface area contributed by atoms with Crippen LogP contribution in [0, 0.1) is 17.5 Å². The Kier molecular flexibility index (Phi) is 21.3. The zero-order valence-corrected chi connectivity index (χ0v) is 57.4. The van der Waals surface area contributed by atoms with E-state index in [1.807, 2.05) is 79.7 Å². The van der Waals surface area contributed by atoms with Gasteiger partial charge in [0.2, 0.25) is 17.7 Å². The minimum Gasteiger partial charge on any atom is -0.325 e. The highest BCUT2D eigenvalue weighted by Crippen LogP contribution is 2.39. The molecule has 9 heterocycles. The topological polar surface area (TPSA) is 233 Å². The van der Waals surface area contributed by atoms with Crippen LogP contribution >= 0.6 is 68.8 Å². The van der Waals surface area contributed by atoms with Gasteiger partial charge in [0.1, 0.15) is 35.6 Å². The second kappa shape index (κ2) is 28.7. The van der Waals surface area contributed by atoms with Crippen molar-refractivity contribution in [2.45, 2.75) is 55.5 Å². The van der Waals surface area contributed by atoms with Crippen molar-refractivity contribution in [3.05, 3.63) is 186 Å². The fourth-order valence-corrected chi connectivity index (χ4v) is 18.3.